The molecule has 0 aliphatic heterocycles. The van der Waals surface area contributed by atoms with Crippen molar-refractivity contribution < 1.29 is 41.6 Å². The lowest BCUT2D eigenvalue weighted by atomic mass is 9.94. The summed E-state index contributed by atoms with van der Waals surface area (Å²) in [5.74, 6) is 0.992. The molecule has 47 heavy (non-hydrogen) atoms. The fourth-order valence-corrected chi connectivity index (χ4v) is 6.14. The number of hydrogen-bond acceptors (Lipinski definition) is 9. The highest BCUT2D eigenvalue weighted by atomic mass is 32.2. The summed E-state index contributed by atoms with van der Waals surface area (Å²) in [5.41, 5.74) is 7.07. The Morgan fingerprint density at radius 2 is 1.19 bits per heavy atom. The number of ether oxygens (including phenoxy) is 6. The Hall–Kier alpha value is -4.22. The zero-order chi connectivity index (χ0) is 34.0. The zero-order valence-corrected chi connectivity index (χ0v) is 28.6. The number of carbonyl (C=O) groups is 1. The molecule has 4 rings (SSSR count). The third-order valence-corrected chi connectivity index (χ3v) is 9.53. The summed E-state index contributed by atoms with van der Waals surface area (Å²) in [4.78, 5) is 12.8. The molecule has 0 saturated carbocycles. The summed E-state index contributed by atoms with van der Waals surface area (Å²) >= 11 is 0. The number of hydrogen-bond donors (Lipinski definition) is 0. The van der Waals surface area contributed by atoms with Gasteiger partial charge in [0.2, 0.25) is 9.84 Å². The number of sulfone groups is 1. The van der Waals surface area contributed by atoms with E-state index >= 15 is 0 Å². The SMILES string of the molecule is COCCOCCOCC(=O)OCc1cc(-c2cc(C)c(C)c(C)c2)cc(C)c1Oc1ccc(S(=O)(=O)c2ccc(OC)cc2)cc1. The van der Waals surface area contributed by atoms with Gasteiger partial charge in [0.25, 0.3) is 0 Å². The molecule has 0 N–H and O–H groups in total. The second kappa shape index (κ2) is 16.6. The number of methoxy groups -OCH3 is 2. The molecule has 10 heteroatoms. The topological polar surface area (TPSA) is 107 Å². The van der Waals surface area contributed by atoms with Gasteiger partial charge in [0, 0.05) is 12.7 Å². The number of benzene rings is 4. The highest BCUT2D eigenvalue weighted by Crippen LogP contribution is 2.36. The molecule has 0 unspecified atom stereocenters. The second-order valence-corrected chi connectivity index (χ2v) is 13.0. The van der Waals surface area contributed by atoms with Crippen molar-refractivity contribution >= 4 is 15.8 Å². The van der Waals surface area contributed by atoms with Gasteiger partial charge in [-0.15, -0.1) is 0 Å². The van der Waals surface area contributed by atoms with E-state index in [1.807, 2.05) is 19.1 Å². The van der Waals surface area contributed by atoms with Gasteiger partial charge in [0.05, 0.1) is 43.3 Å². The van der Waals surface area contributed by atoms with Crippen LogP contribution in [0.3, 0.4) is 0 Å². The minimum absolute atomic E-state index is 0.0513. The number of carbonyl (C=O) groups excluding carboxylic acids is 1. The van der Waals surface area contributed by atoms with E-state index in [2.05, 4.69) is 32.9 Å². The Morgan fingerprint density at radius 1 is 0.660 bits per heavy atom. The van der Waals surface area contributed by atoms with Gasteiger partial charge >= 0.3 is 5.97 Å². The van der Waals surface area contributed by atoms with Crippen molar-refractivity contribution in [2.24, 2.45) is 0 Å². The fraction of sp³-hybridized carbons (Fsp3) is 0.324. The molecule has 9 nitrogen and oxygen atoms in total. The molecule has 0 radical (unpaired) electrons. The molecular formula is C37H42O9S. The summed E-state index contributed by atoms with van der Waals surface area (Å²) in [6.45, 7) is 9.44. The van der Waals surface area contributed by atoms with Crippen molar-refractivity contribution in [1.29, 1.82) is 0 Å². The molecule has 0 aliphatic rings. The van der Waals surface area contributed by atoms with Gasteiger partial charge in [0.1, 0.15) is 30.5 Å². The van der Waals surface area contributed by atoms with E-state index in [4.69, 9.17) is 28.4 Å². The molecule has 4 aromatic rings. The normalized spacial score (nSPS) is 11.4. The molecule has 0 saturated heterocycles. The minimum atomic E-state index is -3.74. The van der Waals surface area contributed by atoms with E-state index in [-0.39, 0.29) is 29.6 Å². The van der Waals surface area contributed by atoms with Gasteiger partial charge in [-0.3, -0.25) is 0 Å². The van der Waals surface area contributed by atoms with Crippen LogP contribution in [-0.2, 0) is 40.2 Å². The molecule has 0 bridgehead atoms. The smallest absolute Gasteiger partial charge is 0.332 e. The van der Waals surface area contributed by atoms with Crippen LogP contribution in [0.2, 0.25) is 0 Å². The molecule has 0 heterocycles. The first-order valence-electron chi connectivity index (χ1n) is 15.2. The first-order valence-corrected chi connectivity index (χ1v) is 16.7. The third kappa shape index (κ3) is 9.42. The van der Waals surface area contributed by atoms with Crippen molar-refractivity contribution in [2.45, 2.75) is 44.1 Å². The van der Waals surface area contributed by atoms with Crippen LogP contribution in [0.4, 0.5) is 0 Å². The quantitative estimate of drug-likeness (QED) is 0.0931. The summed E-state index contributed by atoms with van der Waals surface area (Å²) in [7, 11) is -0.624. The number of esters is 1. The lowest BCUT2D eigenvalue weighted by Gasteiger charge is -2.18. The molecule has 0 atom stereocenters. The van der Waals surface area contributed by atoms with Crippen molar-refractivity contribution in [2.75, 3.05) is 47.3 Å². The summed E-state index contributed by atoms with van der Waals surface area (Å²) < 4.78 is 59.1. The van der Waals surface area contributed by atoms with Crippen molar-refractivity contribution in [1.82, 2.24) is 0 Å². The lowest BCUT2D eigenvalue weighted by molar-refractivity contribution is -0.150. The minimum Gasteiger partial charge on any atom is -0.497 e. The van der Waals surface area contributed by atoms with Crippen molar-refractivity contribution in [3.8, 4) is 28.4 Å². The molecular weight excluding hydrogens is 620 g/mol. The molecule has 0 amide bonds. The third-order valence-electron chi connectivity index (χ3n) is 7.75. The largest absolute Gasteiger partial charge is 0.497 e. The maximum atomic E-state index is 13.2. The standard InChI is InChI=1S/C37H42O9S/c1-25-19-29(20-26(2)28(25)4)30-21-27(3)37(31(22-30)23-45-36(38)24-44-18-17-43-16-15-41-5)46-33-9-13-35(14-10-33)47(39,40)34-11-7-32(42-6)8-12-34/h7-14,19-22H,15-18,23-24H2,1-6H3. The fourth-order valence-electron chi connectivity index (χ4n) is 4.88. The van der Waals surface area contributed by atoms with E-state index in [9.17, 15) is 13.2 Å². The van der Waals surface area contributed by atoms with Crippen molar-refractivity contribution in [3.05, 3.63) is 101 Å². The Morgan fingerprint density at radius 3 is 1.79 bits per heavy atom. The van der Waals surface area contributed by atoms with Crippen LogP contribution in [0.25, 0.3) is 11.1 Å². The van der Waals surface area contributed by atoms with Gasteiger partial charge < -0.3 is 28.4 Å². The summed E-state index contributed by atoms with van der Waals surface area (Å²) in [5, 5.41) is 0. The van der Waals surface area contributed by atoms with E-state index in [1.165, 1.54) is 48.1 Å². The average molecular weight is 663 g/mol. The van der Waals surface area contributed by atoms with Crippen LogP contribution in [0, 0.1) is 27.7 Å². The highest BCUT2D eigenvalue weighted by molar-refractivity contribution is 7.91. The molecule has 0 aliphatic carbocycles. The van der Waals surface area contributed by atoms with Crippen LogP contribution in [0.1, 0.15) is 27.8 Å². The predicted octanol–water partition coefficient (Wildman–Crippen LogP) is 6.94. The van der Waals surface area contributed by atoms with Crippen LogP contribution in [0.15, 0.2) is 82.6 Å². The van der Waals surface area contributed by atoms with Gasteiger partial charge in [-0.1, -0.05) is 12.1 Å². The monoisotopic (exact) mass is 662 g/mol. The van der Waals surface area contributed by atoms with E-state index in [0.717, 1.165) is 16.7 Å². The van der Waals surface area contributed by atoms with Crippen LogP contribution in [0.5, 0.6) is 17.2 Å². The second-order valence-electron chi connectivity index (χ2n) is 11.1. The van der Waals surface area contributed by atoms with E-state index in [0.29, 0.717) is 42.6 Å². The van der Waals surface area contributed by atoms with Crippen LogP contribution >= 0.6 is 0 Å². The molecule has 4 aromatic carbocycles. The Labute approximate surface area is 277 Å². The first kappa shape index (κ1) is 35.6. The summed E-state index contributed by atoms with van der Waals surface area (Å²) in [6, 6.07) is 20.7. The number of aryl methyl sites for hydroxylation is 3. The Balaban J connectivity index is 1.55. The molecule has 250 valence electrons. The van der Waals surface area contributed by atoms with E-state index < -0.39 is 15.8 Å². The van der Waals surface area contributed by atoms with E-state index in [1.54, 1.807) is 31.4 Å². The zero-order valence-electron chi connectivity index (χ0n) is 27.8. The first-order chi connectivity index (χ1) is 22.5. The maximum Gasteiger partial charge on any atom is 0.332 e. The van der Waals surface area contributed by atoms with Crippen molar-refractivity contribution in [3.63, 3.8) is 0 Å². The molecule has 0 spiro atoms. The molecule has 0 fully saturated rings. The van der Waals surface area contributed by atoms with Gasteiger partial charge in [-0.25, -0.2) is 13.2 Å². The highest BCUT2D eigenvalue weighted by Gasteiger charge is 2.19. The Bertz CT molecular complexity index is 1740. The van der Waals surface area contributed by atoms with Crippen LogP contribution < -0.4 is 9.47 Å². The van der Waals surface area contributed by atoms with Gasteiger partial charge in [0.15, 0.2) is 0 Å². The maximum absolute atomic E-state index is 13.2. The number of rotatable bonds is 16. The van der Waals surface area contributed by atoms with Crippen LogP contribution in [-0.4, -0.2) is 61.6 Å². The van der Waals surface area contributed by atoms with Gasteiger partial charge in [-0.2, -0.15) is 0 Å². The average Bonchev–Trinajstić information content (AvgIpc) is 3.07. The predicted molar refractivity (Wildman–Crippen MR) is 179 cm³/mol. The summed E-state index contributed by atoms with van der Waals surface area (Å²) in [6.07, 6.45) is 0. The lowest BCUT2D eigenvalue weighted by Crippen LogP contribution is -2.16. The Kier molecular flexibility index (Phi) is 12.6. The van der Waals surface area contributed by atoms with Gasteiger partial charge in [-0.05, 0) is 122 Å². The molecule has 0 aromatic heterocycles.